The minimum atomic E-state index is -0.375. The molecule has 0 aliphatic carbocycles. The van der Waals surface area contributed by atoms with E-state index >= 15 is 0 Å². The SMILES string of the molecule is CCCN(CC(=O)OC)C(=O)CSCc1ccc(C)cc1. The van der Waals surface area contributed by atoms with Crippen LogP contribution in [-0.4, -0.2) is 42.7 Å². The molecule has 116 valence electrons. The maximum absolute atomic E-state index is 12.1. The number of benzene rings is 1. The standard InChI is InChI=1S/C16H23NO3S/c1-4-9-17(10-16(19)20-3)15(18)12-21-11-14-7-5-13(2)6-8-14/h5-8H,4,9-12H2,1-3H3. The maximum Gasteiger partial charge on any atom is 0.325 e. The molecule has 0 atom stereocenters. The highest BCUT2D eigenvalue weighted by atomic mass is 32.2. The van der Waals surface area contributed by atoms with E-state index < -0.39 is 0 Å². The molecular weight excluding hydrogens is 286 g/mol. The number of amides is 1. The molecular formula is C16H23NO3S. The topological polar surface area (TPSA) is 46.6 Å². The summed E-state index contributed by atoms with van der Waals surface area (Å²) in [5, 5.41) is 0. The summed E-state index contributed by atoms with van der Waals surface area (Å²) in [6, 6.07) is 8.28. The minimum Gasteiger partial charge on any atom is -0.468 e. The van der Waals surface area contributed by atoms with Gasteiger partial charge in [0, 0.05) is 12.3 Å². The highest BCUT2D eigenvalue weighted by Crippen LogP contribution is 2.13. The number of thioether (sulfide) groups is 1. The van der Waals surface area contributed by atoms with Gasteiger partial charge in [0.15, 0.2) is 0 Å². The molecule has 0 N–H and O–H groups in total. The van der Waals surface area contributed by atoms with Crippen molar-refractivity contribution in [3.8, 4) is 0 Å². The van der Waals surface area contributed by atoms with E-state index in [1.807, 2.05) is 6.92 Å². The number of esters is 1. The molecule has 0 radical (unpaired) electrons. The lowest BCUT2D eigenvalue weighted by Crippen LogP contribution is -2.37. The second kappa shape index (κ2) is 9.45. The molecule has 21 heavy (non-hydrogen) atoms. The highest BCUT2D eigenvalue weighted by molar-refractivity contribution is 7.99. The smallest absolute Gasteiger partial charge is 0.325 e. The Morgan fingerprint density at radius 2 is 1.90 bits per heavy atom. The van der Waals surface area contributed by atoms with Crippen LogP contribution in [0.15, 0.2) is 24.3 Å². The van der Waals surface area contributed by atoms with Crippen molar-refractivity contribution in [3.05, 3.63) is 35.4 Å². The van der Waals surface area contributed by atoms with Crippen LogP contribution in [0.4, 0.5) is 0 Å². The summed E-state index contributed by atoms with van der Waals surface area (Å²) in [5.41, 5.74) is 2.43. The van der Waals surface area contributed by atoms with Crippen molar-refractivity contribution in [1.29, 1.82) is 0 Å². The molecule has 1 amide bonds. The Hall–Kier alpha value is -1.49. The van der Waals surface area contributed by atoms with Crippen LogP contribution in [0.3, 0.4) is 0 Å². The highest BCUT2D eigenvalue weighted by Gasteiger charge is 2.16. The molecule has 0 aliphatic rings. The summed E-state index contributed by atoms with van der Waals surface area (Å²) >= 11 is 1.57. The van der Waals surface area contributed by atoms with Crippen molar-refractivity contribution in [2.75, 3.05) is 26.0 Å². The van der Waals surface area contributed by atoms with Gasteiger partial charge in [0.05, 0.1) is 12.9 Å². The molecule has 0 saturated heterocycles. The number of nitrogens with zero attached hydrogens (tertiary/aromatic N) is 1. The predicted octanol–water partition coefficient (Wildman–Crippen LogP) is 2.64. The zero-order chi connectivity index (χ0) is 15.7. The molecule has 4 nitrogen and oxygen atoms in total. The fraction of sp³-hybridized carbons (Fsp3) is 0.500. The lowest BCUT2D eigenvalue weighted by Gasteiger charge is -2.20. The van der Waals surface area contributed by atoms with Gasteiger partial charge in [-0.05, 0) is 18.9 Å². The molecule has 0 aromatic heterocycles. The summed E-state index contributed by atoms with van der Waals surface area (Å²) in [6.45, 7) is 4.65. The van der Waals surface area contributed by atoms with Crippen LogP contribution in [0.1, 0.15) is 24.5 Å². The van der Waals surface area contributed by atoms with Crippen molar-refractivity contribution in [2.45, 2.75) is 26.0 Å². The summed E-state index contributed by atoms with van der Waals surface area (Å²) in [4.78, 5) is 25.0. The van der Waals surface area contributed by atoms with Crippen LogP contribution in [0.2, 0.25) is 0 Å². The Kier molecular flexibility index (Phi) is 7.90. The van der Waals surface area contributed by atoms with Crippen molar-refractivity contribution >= 4 is 23.6 Å². The van der Waals surface area contributed by atoms with Gasteiger partial charge < -0.3 is 9.64 Å². The van der Waals surface area contributed by atoms with Crippen LogP contribution in [0, 0.1) is 6.92 Å². The van der Waals surface area contributed by atoms with Crippen molar-refractivity contribution in [1.82, 2.24) is 4.90 Å². The third-order valence-electron chi connectivity index (χ3n) is 3.01. The lowest BCUT2D eigenvalue weighted by molar-refractivity contribution is -0.146. The molecule has 0 aliphatic heterocycles. The Balaban J connectivity index is 2.42. The van der Waals surface area contributed by atoms with Gasteiger partial charge in [0.1, 0.15) is 6.54 Å². The van der Waals surface area contributed by atoms with Gasteiger partial charge in [-0.2, -0.15) is 0 Å². The van der Waals surface area contributed by atoms with E-state index in [-0.39, 0.29) is 18.4 Å². The van der Waals surface area contributed by atoms with Crippen LogP contribution >= 0.6 is 11.8 Å². The Bertz CT molecular complexity index is 459. The van der Waals surface area contributed by atoms with E-state index in [0.717, 1.165) is 12.2 Å². The molecule has 0 bridgehead atoms. The number of ether oxygens (including phenoxy) is 1. The Morgan fingerprint density at radius 3 is 2.48 bits per heavy atom. The number of aryl methyl sites for hydroxylation is 1. The molecule has 1 rings (SSSR count). The second-order valence-electron chi connectivity index (χ2n) is 4.87. The number of hydrogen-bond donors (Lipinski definition) is 0. The Morgan fingerprint density at radius 1 is 1.24 bits per heavy atom. The zero-order valence-corrected chi connectivity index (χ0v) is 13.7. The number of methoxy groups -OCH3 is 1. The van der Waals surface area contributed by atoms with Gasteiger partial charge in [-0.3, -0.25) is 9.59 Å². The van der Waals surface area contributed by atoms with Crippen LogP contribution in [-0.2, 0) is 20.1 Å². The first kappa shape index (κ1) is 17.6. The monoisotopic (exact) mass is 309 g/mol. The first-order valence-corrected chi connectivity index (χ1v) is 8.20. The maximum atomic E-state index is 12.1. The molecule has 0 spiro atoms. The third-order valence-corrected chi connectivity index (χ3v) is 4.00. The van der Waals surface area contributed by atoms with Gasteiger partial charge in [-0.15, -0.1) is 11.8 Å². The summed E-state index contributed by atoms with van der Waals surface area (Å²) in [6.07, 6.45) is 0.825. The van der Waals surface area contributed by atoms with E-state index in [2.05, 4.69) is 35.9 Å². The molecule has 0 unspecified atom stereocenters. The minimum absolute atomic E-state index is 0.0145. The van der Waals surface area contributed by atoms with Crippen molar-refractivity contribution in [2.24, 2.45) is 0 Å². The molecule has 0 heterocycles. The van der Waals surface area contributed by atoms with Gasteiger partial charge in [0.25, 0.3) is 0 Å². The first-order chi connectivity index (χ1) is 10.1. The molecule has 0 fully saturated rings. The normalized spacial score (nSPS) is 10.2. The quantitative estimate of drug-likeness (QED) is 0.693. The van der Waals surface area contributed by atoms with Crippen LogP contribution < -0.4 is 0 Å². The average Bonchev–Trinajstić information content (AvgIpc) is 2.48. The number of rotatable bonds is 8. The van der Waals surface area contributed by atoms with Crippen molar-refractivity contribution in [3.63, 3.8) is 0 Å². The second-order valence-corrected chi connectivity index (χ2v) is 5.86. The van der Waals surface area contributed by atoms with Gasteiger partial charge in [0.2, 0.25) is 5.91 Å². The summed E-state index contributed by atoms with van der Waals surface area (Å²) < 4.78 is 4.62. The van der Waals surface area contributed by atoms with Crippen LogP contribution in [0.5, 0.6) is 0 Å². The number of carbonyl (C=O) groups excluding carboxylic acids is 2. The fourth-order valence-corrected chi connectivity index (χ4v) is 2.70. The van der Waals surface area contributed by atoms with Gasteiger partial charge in [-0.1, -0.05) is 36.8 Å². The van der Waals surface area contributed by atoms with Crippen LogP contribution in [0.25, 0.3) is 0 Å². The molecule has 1 aromatic rings. The van der Waals surface area contributed by atoms with E-state index in [1.54, 1.807) is 16.7 Å². The fourth-order valence-electron chi connectivity index (χ4n) is 1.81. The third kappa shape index (κ3) is 6.67. The van der Waals surface area contributed by atoms with E-state index in [9.17, 15) is 9.59 Å². The first-order valence-electron chi connectivity index (χ1n) is 7.04. The van der Waals surface area contributed by atoms with E-state index in [0.29, 0.717) is 12.3 Å². The van der Waals surface area contributed by atoms with Crippen molar-refractivity contribution < 1.29 is 14.3 Å². The average molecular weight is 309 g/mol. The Labute approximate surface area is 130 Å². The summed E-state index contributed by atoms with van der Waals surface area (Å²) in [5.74, 6) is 0.787. The lowest BCUT2D eigenvalue weighted by atomic mass is 10.2. The molecule has 5 heteroatoms. The molecule has 1 aromatic carbocycles. The number of hydrogen-bond acceptors (Lipinski definition) is 4. The van der Waals surface area contributed by atoms with E-state index in [4.69, 9.17) is 0 Å². The van der Waals surface area contributed by atoms with E-state index in [1.165, 1.54) is 18.2 Å². The number of carbonyl (C=O) groups is 2. The zero-order valence-electron chi connectivity index (χ0n) is 12.9. The summed E-state index contributed by atoms with van der Waals surface area (Å²) in [7, 11) is 1.34. The van der Waals surface area contributed by atoms with Gasteiger partial charge >= 0.3 is 5.97 Å². The largest absolute Gasteiger partial charge is 0.468 e. The molecule has 0 saturated carbocycles. The predicted molar refractivity (Wildman–Crippen MR) is 86.2 cm³/mol. The van der Waals surface area contributed by atoms with Gasteiger partial charge in [-0.25, -0.2) is 0 Å².